The molecular weight excluding hydrogens is 580 g/mol. The van der Waals surface area contributed by atoms with Crippen molar-refractivity contribution in [3.63, 3.8) is 0 Å². The molecular formula is C29H21ClF8N2O. The first kappa shape index (κ1) is 30.3. The summed E-state index contributed by atoms with van der Waals surface area (Å²) in [5.41, 5.74) is -2.44. The molecule has 41 heavy (non-hydrogen) atoms. The maximum absolute atomic E-state index is 14.8. The first-order chi connectivity index (χ1) is 19.3. The average Bonchev–Trinajstić information content (AvgIpc) is 2.92. The van der Waals surface area contributed by atoms with E-state index in [9.17, 15) is 35.1 Å². The number of ether oxygens (including phenoxy) is 1. The standard InChI is InChI=1S/C29H21ClF8N2O/c30-22-10-11-25(39-17-22)27(15-18-6-2-1-3-7-18,20-12-21(28(34,35)36)14-23(31)13-20)40-16-19-8-4-5-9-24(19)41-29(37,38)26(32)33/h1-14,17,26,40H,15-16H2. The molecule has 0 spiro atoms. The van der Waals surface area contributed by atoms with Gasteiger partial charge >= 0.3 is 18.7 Å². The van der Waals surface area contributed by atoms with Crippen molar-refractivity contribution in [3.05, 3.63) is 130 Å². The Morgan fingerprint density at radius 3 is 2.12 bits per heavy atom. The molecule has 1 atom stereocenters. The van der Waals surface area contributed by atoms with E-state index in [1.54, 1.807) is 30.3 Å². The van der Waals surface area contributed by atoms with Crippen LogP contribution in [0.4, 0.5) is 35.1 Å². The summed E-state index contributed by atoms with van der Waals surface area (Å²) < 4.78 is 114. The van der Waals surface area contributed by atoms with Crippen molar-refractivity contribution in [2.24, 2.45) is 0 Å². The lowest BCUT2D eigenvalue weighted by molar-refractivity contribution is -0.253. The van der Waals surface area contributed by atoms with Crippen molar-refractivity contribution in [1.29, 1.82) is 0 Å². The third-order valence-corrected chi connectivity index (χ3v) is 6.47. The molecule has 0 aliphatic rings. The van der Waals surface area contributed by atoms with E-state index >= 15 is 0 Å². The van der Waals surface area contributed by atoms with E-state index in [0.29, 0.717) is 11.6 Å². The Morgan fingerprint density at radius 2 is 1.49 bits per heavy atom. The molecule has 0 amide bonds. The molecule has 1 unspecified atom stereocenters. The second-order valence-electron chi connectivity index (χ2n) is 9.08. The van der Waals surface area contributed by atoms with Gasteiger partial charge in [-0.2, -0.15) is 30.7 Å². The highest BCUT2D eigenvalue weighted by molar-refractivity contribution is 6.30. The molecule has 3 aromatic carbocycles. The van der Waals surface area contributed by atoms with Gasteiger partial charge < -0.3 is 4.74 Å². The molecule has 0 aliphatic carbocycles. The lowest BCUT2D eigenvalue weighted by atomic mass is 9.79. The molecule has 0 fully saturated rings. The highest BCUT2D eigenvalue weighted by Crippen LogP contribution is 2.39. The highest BCUT2D eigenvalue weighted by Gasteiger charge is 2.45. The molecule has 0 bridgehead atoms. The van der Waals surface area contributed by atoms with Crippen LogP contribution in [0.5, 0.6) is 5.75 Å². The molecule has 1 N–H and O–H groups in total. The number of hydrogen-bond acceptors (Lipinski definition) is 3. The van der Waals surface area contributed by atoms with Gasteiger partial charge in [-0.25, -0.2) is 4.39 Å². The molecule has 3 nitrogen and oxygen atoms in total. The number of para-hydroxylation sites is 1. The molecule has 4 rings (SSSR count). The van der Waals surface area contributed by atoms with E-state index in [0.717, 1.165) is 18.2 Å². The summed E-state index contributed by atoms with van der Waals surface area (Å²) in [6.45, 7) is -0.384. The van der Waals surface area contributed by atoms with Crippen molar-refractivity contribution >= 4 is 11.6 Å². The Kier molecular flexibility index (Phi) is 8.89. The molecule has 216 valence electrons. The van der Waals surface area contributed by atoms with Crippen LogP contribution in [-0.4, -0.2) is 17.5 Å². The van der Waals surface area contributed by atoms with Crippen LogP contribution in [0.15, 0.2) is 91.1 Å². The van der Waals surface area contributed by atoms with Gasteiger partial charge in [0.1, 0.15) is 11.6 Å². The second-order valence-corrected chi connectivity index (χ2v) is 9.52. The Bertz CT molecular complexity index is 1470. The predicted molar refractivity (Wildman–Crippen MR) is 136 cm³/mol. The minimum atomic E-state index is -4.90. The van der Waals surface area contributed by atoms with Crippen molar-refractivity contribution in [1.82, 2.24) is 10.3 Å². The Labute approximate surface area is 234 Å². The first-order valence-electron chi connectivity index (χ1n) is 12.0. The zero-order chi connectivity index (χ0) is 29.8. The van der Waals surface area contributed by atoms with Gasteiger partial charge in [0.05, 0.1) is 21.8 Å². The van der Waals surface area contributed by atoms with Gasteiger partial charge in [0.25, 0.3) is 0 Å². The normalized spacial score (nSPS) is 13.7. The number of benzene rings is 3. The number of alkyl halides is 7. The summed E-state index contributed by atoms with van der Waals surface area (Å²) >= 11 is 6.02. The van der Waals surface area contributed by atoms with Crippen molar-refractivity contribution in [2.75, 3.05) is 0 Å². The molecule has 4 aromatic rings. The highest BCUT2D eigenvalue weighted by atomic mass is 35.5. The molecule has 1 heterocycles. The van der Waals surface area contributed by atoms with E-state index < -0.39 is 41.4 Å². The fraction of sp³-hybridized carbons (Fsp3) is 0.207. The molecule has 12 heteroatoms. The quantitative estimate of drug-likeness (QED) is 0.186. The summed E-state index contributed by atoms with van der Waals surface area (Å²) in [6, 6.07) is 18.5. The van der Waals surface area contributed by atoms with Crippen LogP contribution in [0, 0.1) is 5.82 Å². The summed E-state index contributed by atoms with van der Waals surface area (Å²) in [7, 11) is 0. The number of nitrogens with zero attached hydrogens (tertiary/aromatic N) is 1. The lowest BCUT2D eigenvalue weighted by Gasteiger charge is -2.36. The van der Waals surface area contributed by atoms with Crippen LogP contribution in [0.1, 0.15) is 27.9 Å². The van der Waals surface area contributed by atoms with Crippen molar-refractivity contribution < 1.29 is 39.9 Å². The Hall–Kier alpha value is -3.70. The first-order valence-corrected chi connectivity index (χ1v) is 12.4. The van der Waals surface area contributed by atoms with Crippen LogP contribution in [-0.2, 0) is 24.7 Å². The number of aromatic nitrogens is 1. The van der Waals surface area contributed by atoms with Crippen molar-refractivity contribution in [3.8, 4) is 5.75 Å². The van der Waals surface area contributed by atoms with Crippen LogP contribution < -0.4 is 10.1 Å². The third-order valence-electron chi connectivity index (χ3n) is 6.25. The monoisotopic (exact) mass is 600 g/mol. The van der Waals surface area contributed by atoms with E-state index in [2.05, 4.69) is 15.0 Å². The second kappa shape index (κ2) is 12.0. The van der Waals surface area contributed by atoms with E-state index in [-0.39, 0.29) is 34.8 Å². The summed E-state index contributed by atoms with van der Waals surface area (Å²) in [4.78, 5) is 4.31. The van der Waals surface area contributed by atoms with Gasteiger partial charge in [-0.05, 0) is 47.5 Å². The minimum Gasteiger partial charge on any atom is -0.428 e. The molecule has 0 aliphatic heterocycles. The predicted octanol–water partition coefficient (Wildman–Crippen LogP) is 8.41. The van der Waals surface area contributed by atoms with Gasteiger partial charge in [-0.1, -0.05) is 60.1 Å². The van der Waals surface area contributed by atoms with E-state index in [1.165, 1.54) is 36.5 Å². The smallest absolute Gasteiger partial charge is 0.428 e. The van der Waals surface area contributed by atoms with Gasteiger partial charge in [-0.15, -0.1) is 0 Å². The number of nitrogens with one attached hydrogen (secondary N) is 1. The number of rotatable bonds is 10. The van der Waals surface area contributed by atoms with E-state index in [1.807, 2.05) is 0 Å². The summed E-state index contributed by atoms with van der Waals surface area (Å²) in [5, 5.41) is 3.27. The number of pyridine rings is 1. The van der Waals surface area contributed by atoms with Crippen LogP contribution >= 0.6 is 11.6 Å². The van der Waals surface area contributed by atoms with Gasteiger partial charge in [0, 0.05) is 24.7 Å². The zero-order valence-corrected chi connectivity index (χ0v) is 21.7. The van der Waals surface area contributed by atoms with Crippen LogP contribution in [0.2, 0.25) is 5.02 Å². The average molecular weight is 601 g/mol. The molecule has 0 saturated carbocycles. The third kappa shape index (κ3) is 7.15. The lowest BCUT2D eigenvalue weighted by Crippen LogP contribution is -2.46. The Morgan fingerprint density at radius 1 is 0.829 bits per heavy atom. The molecule has 0 radical (unpaired) electrons. The zero-order valence-electron chi connectivity index (χ0n) is 20.9. The molecule has 1 aromatic heterocycles. The van der Waals surface area contributed by atoms with Gasteiger partial charge in [-0.3, -0.25) is 10.3 Å². The van der Waals surface area contributed by atoms with Gasteiger partial charge in [0.2, 0.25) is 0 Å². The molecule has 0 saturated heterocycles. The summed E-state index contributed by atoms with van der Waals surface area (Å²) in [5.74, 6) is -1.76. The fourth-order valence-corrected chi connectivity index (χ4v) is 4.42. The van der Waals surface area contributed by atoms with Crippen LogP contribution in [0.25, 0.3) is 0 Å². The number of halogens is 9. The fourth-order valence-electron chi connectivity index (χ4n) is 4.31. The maximum Gasteiger partial charge on any atom is 0.461 e. The minimum absolute atomic E-state index is 0.0216. The maximum atomic E-state index is 14.8. The Balaban J connectivity index is 1.89. The topological polar surface area (TPSA) is 34.1 Å². The van der Waals surface area contributed by atoms with E-state index in [4.69, 9.17) is 11.6 Å². The largest absolute Gasteiger partial charge is 0.461 e. The number of hydrogen-bond donors (Lipinski definition) is 1. The summed E-state index contributed by atoms with van der Waals surface area (Å²) in [6.07, 6.45) is -12.7. The van der Waals surface area contributed by atoms with Crippen LogP contribution in [0.3, 0.4) is 0 Å². The van der Waals surface area contributed by atoms with Crippen molar-refractivity contribution in [2.45, 2.75) is 37.2 Å². The van der Waals surface area contributed by atoms with Gasteiger partial charge in [0.15, 0.2) is 0 Å². The SMILES string of the molecule is Fc1cc(C(F)(F)F)cc(C(Cc2ccccc2)(NCc2ccccc2OC(F)(F)C(F)F)c2ccc(Cl)cn2)c1.